The minimum absolute atomic E-state index is 0.0191. The minimum Gasteiger partial charge on any atom is -0.481 e. The zero-order valence-corrected chi connectivity index (χ0v) is 19.1. The van der Waals surface area contributed by atoms with Crippen molar-refractivity contribution in [1.29, 1.82) is 0 Å². The van der Waals surface area contributed by atoms with E-state index >= 15 is 0 Å². The second-order valence-electron chi connectivity index (χ2n) is 9.81. The van der Waals surface area contributed by atoms with Crippen LogP contribution in [-0.2, 0) is 14.3 Å². The lowest BCUT2D eigenvalue weighted by molar-refractivity contribution is -0.138. The molecule has 2 fully saturated rings. The predicted molar refractivity (Wildman–Crippen MR) is 126 cm³/mol. The first-order valence-electron chi connectivity index (χ1n) is 12.1. The van der Waals surface area contributed by atoms with Gasteiger partial charge in [-0.1, -0.05) is 61.4 Å². The van der Waals surface area contributed by atoms with Gasteiger partial charge in [0.15, 0.2) is 0 Å². The lowest BCUT2D eigenvalue weighted by Gasteiger charge is -2.32. The van der Waals surface area contributed by atoms with Crippen molar-refractivity contribution >= 4 is 18.0 Å². The number of nitrogens with one attached hydrogen (secondary N) is 2. The van der Waals surface area contributed by atoms with Crippen LogP contribution < -0.4 is 10.6 Å². The fourth-order valence-corrected chi connectivity index (χ4v) is 5.55. The number of hydrogen-bond donors (Lipinski definition) is 3. The van der Waals surface area contributed by atoms with Crippen LogP contribution in [0.4, 0.5) is 4.79 Å². The van der Waals surface area contributed by atoms with Gasteiger partial charge < -0.3 is 20.5 Å². The number of ether oxygens (including phenoxy) is 1. The van der Waals surface area contributed by atoms with Crippen LogP contribution in [0.15, 0.2) is 48.5 Å². The molecule has 0 unspecified atom stereocenters. The second kappa shape index (κ2) is 9.12. The normalized spacial score (nSPS) is 22.2. The Bertz CT molecular complexity index is 1060. The first kappa shape index (κ1) is 22.4. The van der Waals surface area contributed by atoms with E-state index in [0.717, 1.165) is 24.0 Å². The molecule has 2 saturated carbocycles. The van der Waals surface area contributed by atoms with E-state index in [1.54, 1.807) is 0 Å². The Morgan fingerprint density at radius 1 is 0.941 bits per heavy atom. The molecule has 7 nitrogen and oxygen atoms in total. The summed E-state index contributed by atoms with van der Waals surface area (Å²) in [4.78, 5) is 36.9. The molecular weight excluding hydrogens is 432 g/mol. The Labute approximate surface area is 198 Å². The number of carboxylic acids is 1. The number of rotatable bonds is 7. The molecule has 0 saturated heterocycles. The van der Waals surface area contributed by atoms with Crippen LogP contribution in [-0.4, -0.2) is 41.3 Å². The van der Waals surface area contributed by atoms with Gasteiger partial charge in [-0.25, -0.2) is 4.79 Å². The summed E-state index contributed by atoms with van der Waals surface area (Å²) in [7, 11) is 0. The first-order valence-corrected chi connectivity index (χ1v) is 12.1. The van der Waals surface area contributed by atoms with Crippen molar-refractivity contribution in [3.63, 3.8) is 0 Å². The zero-order valence-electron chi connectivity index (χ0n) is 19.1. The summed E-state index contributed by atoms with van der Waals surface area (Å²) in [6.45, 7) is 0.227. The van der Waals surface area contributed by atoms with Gasteiger partial charge in [0.05, 0.1) is 17.9 Å². The van der Waals surface area contributed by atoms with Gasteiger partial charge in [0.2, 0.25) is 5.91 Å². The Hall–Kier alpha value is -3.35. The quantitative estimate of drug-likeness (QED) is 0.572. The summed E-state index contributed by atoms with van der Waals surface area (Å²) in [5.74, 6) is -1.47. The summed E-state index contributed by atoms with van der Waals surface area (Å²) in [6.07, 6.45) is 4.00. The van der Waals surface area contributed by atoms with Crippen LogP contribution in [0.1, 0.15) is 62.0 Å². The summed E-state index contributed by atoms with van der Waals surface area (Å²) in [5.41, 5.74) is 4.03. The molecule has 0 aliphatic heterocycles. The van der Waals surface area contributed by atoms with Gasteiger partial charge in [0, 0.05) is 12.0 Å². The smallest absolute Gasteiger partial charge is 0.407 e. The van der Waals surface area contributed by atoms with Crippen molar-refractivity contribution in [3.05, 3.63) is 59.7 Å². The summed E-state index contributed by atoms with van der Waals surface area (Å²) < 4.78 is 5.68. The Balaban J connectivity index is 1.21. The molecule has 0 bridgehead atoms. The fourth-order valence-electron chi connectivity index (χ4n) is 5.55. The lowest BCUT2D eigenvalue weighted by atomic mass is 9.83. The van der Waals surface area contributed by atoms with Gasteiger partial charge in [-0.15, -0.1) is 0 Å². The van der Waals surface area contributed by atoms with Gasteiger partial charge in [-0.05, 0) is 47.9 Å². The molecule has 178 valence electrons. The van der Waals surface area contributed by atoms with E-state index in [-0.39, 0.29) is 36.8 Å². The van der Waals surface area contributed by atoms with E-state index in [9.17, 15) is 14.4 Å². The number of aliphatic carboxylic acids is 1. The van der Waals surface area contributed by atoms with Crippen LogP contribution in [0.5, 0.6) is 0 Å². The third-order valence-corrected chi connectivity index (χ3v) is 7.48. The lowest BCUT2D eigenvalue weighted by Crippen LogP contribution is -2.51. The van der Waals surface area contributed by atoms with Crippen LogP contribution >= 0.6 is 0 Å². The third kappa shape index (κ3) is 4.52. The minimum atomic E-state index is -0.908. The molecular formula is C27H30N2O5. The highest BCUT2D eigenvalue weighted by Crippen LogP contribution is 2.44. The highest BCUT2D eigenvalue weighted by Gasteiger charge is 2.47. The molecule has 7 heteroatoms. The van der Waals surface area contributed by atoms with E-state index < -0.39 is 17.6 Å². The van der Waals surface area contributed by atoms with Crippen LogP contribution in [0.25, 0.3) is 11.1 Å². The van der Waals surface area contributed by atoms with Crippen molar-refractivity contribution in [1.82, 2.24) is 10.6 Å². The Kier molecular flexibility index (Phi) is 6.02. The van der Waals surface area contributed by atoms with E-state index in [1.165, 1.54) is 11.1 Å². The van der Waals surface area contributed by atoms with Crippen molar-refractivity contribution in [2.75, 3.05) is 6.61 Å². The van der Waals surface area contributed by atoms with E-state index in [1.807, 2.05) is 24.3 Å². The topological polar surface area (TPSA) is 105 Å². The average Bonchev–Trinajstić information content (AvgIpc) is 3.49. The molecule has 2 amide bonds. The number of carbonyl (C=O) groups excluding carboxylic acids is 2. The number of benzene rings is 2. The van der Waals surface area contributed by atoms with E-state index in [0.29, 0.717) is 25.7 Å². The van der Waals surface area contributed by atoms with Crippen molar-refractivity contribution in [2.45, 2.75) is 62.4 Å². The maximum Gasteiger partial charge on any atom is 0.407 e. The fraction of sp³-hybridized carbons (Fsp3) is 0.444. The molecule has 3 aliphatic rings. The molecule has 0 radical (unpaired) electrons. The molecule has 3 aliphatic carbocycles. The number of amides is 2. The number of carboxylic acid groups (broad SMARTS) is 1. The molecule has 2 aromatic carbocycles. The largest absolute Gasteiger partial charge is 0.481 e. The first-order chi connectivity index (χ1) is 16.5. The van der Waals surface area contributed by atoms with Gasteiger partial charge in [-0.2, -0.15) is 0 Å². The van der Waals surface area contributed by atoms with E-state index in [2.05, 4.69) is 34.9 Å². The standard InChI is InChI=1S/C27H30N2O5/c30-24(31)15-27(13-14-27)29-25(32)21-11-5-6-12-23(21)28-26(33)34-16-22-19-9-3-1-7-17(19)18-8-2-4-10-20(18)22/h1-4,7-10,21-23H,5-6,11-16H2,(H,28,33)(H,29,32)(H,30,31)/t21-,23+/m1/s1. The number of hydrogen-bond acceptors (Lipinski definition) is 4. The number of carbonyl (C=O) groups is 3. The van der Waals surface area contributed by atoms with Crippen LogP contribution in [0.2, 0.25) is 0 Å². The summed E-state index contributed by atoms with van der Waals surface area (Å²) in [6, 6.07) is 16.1. The molecule has 5 rings (SSSR count). The highest BCUT2D eigenvalue weighted by molar-refractivity contribution is 5.83. The third-order valence-electron chi connectivity index (χ3n) is 7.48. The number of alkyl carbamates (subject to hydrolysis) is 1. The second-order valence-corrected chi connectivity index (χ2v) is 9.81. The van der Waals surface area contributed by atoms with Gasteiger partial charge in [-0.3, -0.25) is 9.59 Å². The summed E-state index contributed by atoms with van der Waals surface area (Å²) in [5, 5.41) is 15.0. The average molecular weight is 463 g/mol. The van der Waals surface area contributed by atoms with Crippen molar-refractivity contribution in [3.8, 4) is 11.1 Å². The van der Waals surface area contributed by atoms with Gasteiger partial charge >= 0.3 is 12.1 Å². The maximum absolute atomic E-state index is 13.0. The number of fused-ring (bicyclic) bond motifs is 3. The molecule has 0 heterocycles. The van der Waals surface area contributed by atoms with E-state index in [4.69, 9.17) is 9.84 Å². The Morgan fingerprint density at radius 3 is 2.18 bits per heavy atom. The molecule has 2 aromatic rings. The van der Waals surface area contributed by atoms with Crippen molar-refractivity contribution in [2.24, 2.45) is 5.92 Å². The van der Waals surface area contributed by atoms with Crippen LogP contribution in [0, 0.1) is 5.92 Å². The molecule has 3 N–H and O–H groups in total. The maximum atomic E-state index is 13.0. The predicted octanol–water partition coefficient (Wildman–Crippen LogP) is 4.21. The van der Waals surface area contributed by atoms with Gasteiger partial charge in [0.1, 0.15) is 6.61 Å². The molecule has 2 atom stereocenters. The Morgan fingerprint density at radius 2 is 1.56 bits per heavy atom. The molecule has 34 heavy (non-hydrogen) atoms. The molecule has 0 spiro atoms. The molecule has 0 aromatic heterocycles. The SMILES string of the molecule is O=C(O)CC1(NC(=O)[C@@H]2CCCC[C@@H]2NC(=O)OCC2c3ccccc3-c3ccccc32)CC1. The highest BCUT2D eigenvalue weighted by atomic mass is 16.5. The zero-order chi connectivity index (χ0) is 23.7. The monoisotopic (exact) mass is 462 g/mol. The summed E-state index contributed by atoms with van der Waals surface area (Å²) >= 11 is 0. The van der Waals surface area contributed by atoms with Crippen LogP contribution in [0.3, 0.4) is 0 Å². The van der Waals surface area contributed by atoms with Gasteiger partial charge in [0.25, 0.3) is 0 Å². The van der Waals surface area contributed by atoms with Crippen molar-refractivity contribution < 1.29 is 24.2 Å².